The fourth-order valence-electron chi connectivity index (χ4n) is 6.20. The number of para-hydroxylation sites is 1. The second-order valence-corrected chi connectivity index (χ2v) is 11.1. The number of nitrogens with zero attached hydrogens (tertiary/aromatic N) is 3. The zero-order valence-corrected chi connectivity index (χ0v) is 22.6. The van der Waals surface area contributed by atoms with E-state index < -0.39 is 12.1 Å². The van der Waals surface area contributed by atoms with Crippen LogP contribution in [0.5, 0.6) is 0 Å². The lowest BCUT2D eigenvalue weighted by Gasteiger charge is -2.39. The smallest absolute Gasteiger partial charge is 0.322 e. The molecule has 39 heavy (non-hydrogen) atoms. The molecule has 3 saturated heterocycles. The quantitative estimate of drug-likeness (QED) is 0.572. The second-order valence-electron chi connectivity index (χ2n) is 11.1. The summed E-state index contributed by atoms with van der Waals surface area (Å²) < 4.78 is 0. The fourth-order valence-corrected chi connectivity index (χ4v) is 6.20. The van der Waals surface area contributed by atoms with Crippen molar-refractivity contribution in [2.75, 3.05) is 31.5 Å². The van der Waals surface area contributed by atoms with E-state index in [1.165, 1.54) is 0 Å². The normalized spacial score (nSPS) is 23.2. The number of carbonyl (C=O) groups is 4. The van der Waals surface area contributed by atoms with Crippen LogP contribution in [0, 0.1) is 5.92 Å². The number of amides is 4. The summed E-state index contributed by atoms with van der Waals surface area (Å²) in [5, 5.41) is 6.20. The van der Waals surface area contributed by atoms with Crippen molar-refractivity contribution in [3.05, 3.63) is 66.2 Å². The third-order valence-electron chi connectivity index (χ3n) is 7.99. The lowest BCUT2D eigenvalue weighted by atomic mass is 9.97. The number of anilines is 1. The molecule has 2 aromatic carbocycles. The van der Waals surface area contributed by atoms with Gasteiger partial charge in [0.1, 0.15) is 12.1 Å². The number of likely N-dealkylation sites (tertiary alicyclic amines) is 2. The Morgan fingerprint density at radius 1 is 1.00 bits per heavy atom. The molecule has 3 aliphatic rings. The van der Waals surface area contributed by atoms with E-state index in [1.54, 1.807) is 39.0 Å². The molecule has 9 nitrogen and oxygen atoms in total. The minimum atomic E-state index is -0.693. The summed E-state index contributed by atoms with van der Waals surface area (Å²) in [6.45, 7) is 5.83. The van der Waals surface area contributed by atoms with Gasteiger partial charge in [0.25, 0.3) is 5.91 Å². The summed E-state index contributed by atoms with van der Waals surface area (Å²) in [6, 6.07) is 16.0. The highest BCUT2D eigenvalue weighted by Gasteiger charge is 2.53. The van der Waals surface area contributed by atoms with E-state index in [0.29, 0.717) is 37.2 Å². The summed E-state index contributed by atoms with van der Waals surface area (Å²) in [7, 11) is 0. The van der Waals surface area contributed by atoms with Crippen LogP contribution in [0.2, 0.25) is 0 Å². The molecule has 2 N–H and O–H groups in total. The van der Waals surface area contributed by atoms with Gasteiger partial charge in [-0.1, -0.05) is 50.2 Å². The molecule has 4 amide bonds. The van der Waals surface area contributed by atoms with E-state index >= 15 is 0 Å². The Labute approximate surface area is 229 Å². The molecule has 0 saturated carbocycles. The number of fused-ring (bicyclic) bond motifs is 1. The molecule has 0 bridgehead atoms. The van der Waals surface area contributed by atoms with Gasteiger partial charge in [0, 0.05) is 30.4 Å². The zero-order valence-electron chi connectivity index (χ0n) is 22.6. The summed E-state index contributed by atoms with van der Waals surface area (Å²) in [5.41, 5.74) is 1.20. The van der Waals surface area contributed by atoms with Crippen molar-refractivity contribution in [1.29, 1.82) is 0 Å². The highest BCUT2D eigenvalue weighted by molar-refractivity contribution is 6.02. The van der Waals surface area contributed by atoms with Crippen LogP contribution in [-0.4, -0.2) is 88.7 Å². The number of ketones is 1. The average molecular weight is 532 g/mol. The summed E-state index contributed by atoms with van der Waals surface area (Å²) in [5.74, 6) is -0.349. The Balaban J connectivity index is 1.40. The van der Waals surface area contributed by atoms with E-state index in [0.717, 1.165) is 13.0 Å². The molecule has 0 radical (unpaired) electrons. The standard InChI is InChI=1S/C30H37N5O4/c1-20(2)17-25(35(23-13-15-31-18-23)28(37)21-9-5-3-6-10-21)29(38)33-16-14-24-27(33)26(36)19-34(24)30(39)32-22-11-7-4-8-12-22/h3-12,20,23-25,27,31H,13-19H2,1-2H3,(H,32,39). The molecule has 206 valence electrons. The molecule has 2 aromatic rings. The van der Waals surface area contributed by atoms with E-state index in [2.05, 4.69) is 10.6 Å². The van der Waals surface area contributed by atoms with Crippen LogP contribution in [0.25, 0.3) is 0 Å². The minimum absolute atomic E-state index is 0.0359. The van der Waals surface area contributed by atoms with Gasteiger partial charge < -0.3 is 25.3 Å². The number of benzene rings is 2. The molecular formula is C30H37N5O4. The number of carbonyl (C=O) groups excluding carboxylic acids is 4. The van der Waals surface area contributed by atoms with Crippen molar-refractivity contribution in [3.8, 4) is 0 Å². The number of nitrogens with one attached hydrogen (secondary N) is 2. The summed E-state index contributed by atoms with van der Waals surface area (Å²) in [4.78, 5) is 59.5. The first-order chi connectivity index (χ1) is 18.8. The van der Waals surface area contributed by atoms with Crippen molar-refractivity contribution >= 4 is 29.3 Å². The predicted molar refractivity (Wildman–Crippen MR) is 148 cm³/mol. The number of rotatable bonds is 7. The van der Waals surface area contributed by atoms with Gasteiger partial charge in [-0.05, 0) is 56.0 Å². The van der Waals surface area contributed by atoms with Crippen LogP contribution in [0.1, 0.15) is 43.5 Å². The van der Waals surface area contributed by atoms with Gasteiger partial charge in [0.15, 0.2) is 5.78 Å². The second kappa shape index (κ2) is 11.6. The largest absolute Gasteiger partial charge is 0.329 e. The molecule has 3 aliphatic heterocycles. The molecular weight excluding hydrogens is 494 g/mol. The van der Waals surface area contributed by atoms with Crippen LogP contribution in [0.15, 0.2) is 60.7 Å². The monoisotopic (exact) mass is 531 g/mol. The van der Waals surface area contributed by atoms with E-state index in [9.17, 15) is 19.2 Å². The zero-order chi connectivity index (χ0) is 27.5. The molecule has 0 aliphatic carbocycles. The van der Waals surface area contributed by atoms with Gasteiger partial charge >= 0.3 is 6.03 Å². The summed E-state index contributed by atoms with van der Waals surface area (Å²) in [6.07, 6.45) is 1.78. The number of hydrogen-bond acceptors (Lipinski definition) is 5. The highest BCUT2D eigenvalue weighted by Crippen LogP contribution is 2.33. The molecule has 9 heteroatoms. The Kier molecular flexibility index (Phi) is 7.97. The average Bonchev–Trinajstić information content (AvgIpc) is 3.68. The number of urea groups is 1. The first kappa shape index (κ1) is 26.9. The molecule has 0 aromatic heterocycles. The highest BCUT2D eigenvalue weighted by atomic mass is 16.2. The molecule has 3 heterocycles. The van der Waals surface area contributed by atoms with Crippen LogP contribution < -0.4 is 10.6 Å². The molecule has 3 fully saturated rings. The fraction of sp³-hybridized carbons (Fsp3) is 0.467. The lowest BCUT2D eigenvalue weighted by Crippen LogP contribution is -2.57. The Morgan fingerprint density at radius 2 is 1.69 bits per heavy atom. The van der Waals surface area contributed by atoms with Crippen molar-refractivity contribution in [2.45, 2.75) is 57.3 Å². The predicted octanol–water partition coefficient (Wildman–Crippen LogP) is 2.99. The van der Waals surface area contributed by atoms with Crippen LogP contribution in [-0.2, 0) is 9.59 Å². The van der Waals surface area contributed by atoms with Gasteiger partial charge in [0.05, 0.1) is 12.6 Å². The first-order valence-electron chi connectivity index (χ1n) is 13.9. The van der Waals surface area contributed by atoms with Crippen LogP contribution >= 0.6 is 0 Å². The Bertz CT molecular complexity index is 1200. The maximum atomic E-state index is 14.3. The summed E-state index contributed by atoms with van der Waals surface area (Å²) >= 11 is 0. The van der Waals surface area contributed by atoms with Gasteiger partial charge in [-0.2, -0.15) is 0 Å². The van der Waals surface area contributed by atoms with Crippen molar-refractivity contribution in [2.24, 2.45) is 5.92 Å². The molecule has 4 atom stereocenters. The third-order valence-corrected chi connectivity index (χ3v) is 7.99. The Morgan fingerprint density at radius 3 is 2.33 bits per heavy atom. The Hall–Kier alpha value is -3.72. The van der Waals surface area contributed by atoms with Crippen molar-refractivity contribution < 1.29 is 19.2 Å². The number of Topliss-reactive ketones (excluding diaryl/α,β-unsaturated/α-hetero) is 1. The minimum Gasteiger partial charge on any atom is -0.329 e. The van der Waals surface area contributed by atoms with Crippen LogP contribution in [0.3, 0.4) is 0 Å². The lowest BCUT2D eigenvalue weighted by molar-refractivity contribution is -0.141. The first-order valence-corrected chi connectivity index (χ1v) is 13.9. The van der Waals surface area contributed by atoms with Crippen molar-refractivity contribution in [1.82, 2.24) is 20.0 Å². The molecule has 5 rings (SSSR count). The SMILES string of the molecule is CC(C)CC(C(=O)N1CCC2C1C(=O)CN2C(=O)Nc1ccccc1)N(C(=O)c1ccccc1)C1CCNC1. The maximum absolute atomic E-state index is 14.3. The van der Waals surface area contributed by atoms with Crippen LogP contribution in [0.4, 0.5) is 10.5 Å². The topological polar surface area (TPSA) is 102 Å². The number of hydrogen-bond donors (Lipinski definition) is 2. The maximum Gasteiger partial charge on any atom is 0.322 e. The van der Waals surface area contributed by atoms with Gasteiger partial charge in [-0.25, -0.2) is 4.79 Å². The van der Waals surface area contributed by atoms with Gasteiger partial charge in [0.2, 0.25) is 5.91 Å². The van der Waals surface area contributed by atoms with Gasteiger partial charge in [-0.15, -0.1) is 0 Å². The van der Waals surface area contributed by atoms with Crippen molar-refractivity contribution in [3.63, 3.8) is 0 Å². The van der Waals surface area contributed by atoms with E-state index in [1.807, 2.05) is 50.2 Å². The third kappa shape index (κ3) is 5.54. The van der Waals surface area contributed by atoms with E-state index in [-0.39, 0.29) is 48.2 Å². The molecule has 0 spiro atoms. The van der Waals surface area contributed by atoms with Gasteiger partial charge in [-0.3, -0.25) is 14.4 Å². The molecule has 4 unspecified atom stereocenters. The van der Waals surface area contributed by atoms with E-state index in [4.69, 9.17) is 0 Å².